The third-order valence-corrected chi connectivity index (χ3v) is 14.4. The van der Waals surface area contributed by atoms with Crippen LogP contribution < -0.4 is 14.5 Å². The number of aromatic nitrogens is 2. The third kappa shape index (κ3) is 7.91. The van der Waals surface area contributed by atoms with Gasteiger partial charge in [0.05, 0.1) is 0 Å². The van der Waals surface area contributed by atoms with E-state index in [1.54, 1.807) is 0 Å². The van der Waals surface area contributed by atoms with Crippen LogP contribution >= 0.6 is 0 Å². The van der Waals surface area contributed by atoms with Crippen molar-refractivity contribution in [3.8, 4) is 50.7 Å². The summed E-state index contributed by atoms with van der Waals surface area (Å²) >= 11 is 0. The van der Waals surface area contributed by atoms with E-state index in [-0.39, 0.29) is 26.5 Å². The van der Waals surface area contributed by atoms with Gasteiger partial charge in [-0.15, -0.1) is 53.6 Å². The molecule has 6 heteroatoms. The Kier molecular flexibility index (Phi) is 11.7. The Morgan fingerprint density at radius 3 is 1.77 bits per heavy atom. The fourth-order valence-corrected chi connectivity index (χ4v) is 11.1. The summed E-state index contributed by atoms with van der Waals surface area (Å²) in [6.45, 7) is 2.20. The van der Waals surface area contributed by atoms with Crippen LogP contribution in [0.4, 0.5) is 22.7 Å². The van der Waals surface area contributed by atoms with E-state index in [4.69, 9.17) is 9.72 Å². The number of benzene rings is 9. The molecular weight excluding hydrogens is 1050 g/mol. The molecule has 0 saturated heterocycles. The van der Waals surface area contributed by atoms with Crippen LogP contribution in [0.1, 0.15) is 36.8 Å². The van der Waals surface area contributed by atoms with Gasteiger partial charge in [-0.2, -0.15) is 6.07 Å². The molecule has 0 amide bonds. The molecule has 71 heavy (non-hydrogen) atoms. The Labute approximate surface area is 429 Å². The fourth-order valence-electron chi connectivity index (χ4n) is 11.1. The second kappa shape index (κ2) is 18.7. The van der Waals surface area contributed by atoms with Crippen molar-refractivity contribution in [2.45, 2.75) is 31.1 Å². The number of rotatable bonds is 10. The Hall–Kier alpha value is -7.98. The molecule has 0 bridgehead atoms. The maximum atomic E-state index is 6.97. The maximum absolute atomic E-state index is 6.97. The minimum atomic E-state index is -0.0488. The molecule has 11 aromatic rings. The molecule has 0 atom stereocenters. The molecule has 346 valence electrons. The molecular formula is C65H47N4OPt-3. The van der Waals surface area contributed by atoms with Crippen molar-refractivity contribution in [2.24, 2.45) is 0 Å². The van der Waals surface area contributed by atoms with Crippen LogP contribution in [0.2, 0.25) is 0 Å². The number of pyridine rings is 1. The number of hydrogen-bond acceptors (Lipinski definition) is 4. The molecule has 9 aromatic carbocycles. The average molecular weight is 1100 g/mol. The van der Waals surface area contributed by atoms with E-state index >= 15 is 0 Å². The van der Waals surface area contributed by atoms with Crippen LogP contribution in [0.3, 0.4) is 0 Å². The van der Waals surface area contributed by atoms with Gasteiger partial charge in [-0.1, -0.05) is 188 Å². The van der Waals surface area contributed by atoms with Crippen LogP contribution in [0.25, 0.3) is 61.0 Å². The summed E-state index contributed by atoms with van der Waals surface area (Å²) < 4.78 is 9.22. The largest absolute Gasteiger partial charge is 0.509 e. The second-order valence-electron chi connectivity index (χ2n) is 18.4. The number of anilines is 4. The molecule has 1 aliphatic heterocycles. The summed E-state index contributed by atoms with van der Waals surface area (Å²) in [6.07, 6.45) is 6.63. The number of ether oxygens (including phenoxy) is 1. The Bertz CT molecular complexity index is 3620. The first-order valence-corrected chi connectivity index (χ1v) is 24.2. The van der Waals surface area contributed by atoms with Gasteiger partial charge < -0.3 is 19.1 Å². The van der Waals surface area contributed by atoms with E-state index in [0.717, 1.165) is 96.6 Å². The molecule has 1 saturated carbocycles. The van der Waals surface area contributed by atoms with Gasteiger partial charge in [-0.3, -0.25) is 0 Å². The summed E-state index contributed by atoms with van der Waals surface area (Å²) in [7, 11) is 0. The number of hydrogen-bond donors (Lipinski definition) is 0. The first-order valence-electron chi connectivity index (χ1n) is 24.2. The topological polar surface area (TPSA) is 33.5 Å². The summed E-state index contributed by atoms with van der Waals surface area (Å²) in [5.41, 5.74) is 15.3. The molecule has 5 nitrogen and oxygen atoms in total. The van der Waals surface area contributed by atoms with Gasteiger partial charge in [0.15, 0.2) is 0 Å². The van der Waals surface area contributed by atoms with Crippen molar-refractivity contribution >= 4 is 44.6 Å². The zero-order valence-electron chi connectivity index (χ0n) is 38.9. The smallest absolute Gasteiger partial charge is 0.135 e. The number of fused-ring (bicyclic) bond motifs is 4. The van der Waals surface area contributed by atoms with Gasteiger partial charge in [0.1, 0.15) is 5.82 Å². The first kappa shape index (κ1) is 44.2. The molecule has 0 radical (unpaired) electrons. The Morgan fingerprint density at radius 1 is 0.479 bits per heavy atom. The molecule has 1 fully saturated rings. The third-order valence-electron chi connectivity index (χ3n) is 14.4. The van der Waals surface area contributed by atoms with Crippen molar-refractivity contribution in [2.75, 3.05) is 9.80 Å². The summed E-state index contributed by atoms with van der Waals surface area (Å²) in [5, 5.41) is 2.23. The minimum Gasteiger partial charge on any atom is -0.509 e. The minimum absolute atomic E-state index is 0. The number of para-hydroxylation sites is 4. The zero-order chi connectivity index (χ0) is 46.4. The van der Waals surface area contributed by atoms with E-state index in [0.29, 0.717) is 11.5 Å². The van der Waals surface area contributed by atoms with Crippen molar-refractivity contribution in [3.63, 3.8) is 0 Å². The van der Waals surface area contributed by atoms with E-state index < -0.39 is 0 Å². The predicted molar refractivity (Wildman–Crippen MR) is 286 cm³/mol. The molecule has 0 unspecified atom stereocenters. The van der Waals surface area contributed by atoms with E-state index in [1.165, 1.54) is 24.0 Å². The van der Waals surface area contributed by atoms with Crippen molar-refractivity contribution in [1.82, 2.24) is 9.55 Å². The first-order chi connectivity index (χ1) is 34.7. The summed E-state index contributed by atoms with van der Waals surface area (Å²) in [4.78, 5) is 9.64. The molecule has 2 aliphatic rings. The normalized spacial score (nSPS) is 13.9. The molecule has 0 N–H and O–H groups in total. The van der Waals surface area contributed by atoms with Gasteiger partial charge in [-0.05, 0) is 76.4 Å². The van der Waals surface area contributed by atoms with Gasteiger partial charge in [0, 0.05) is 77.9 Å². The van der Waals surface area contributed by atoms with Crippen LogP contribution in [0.5, 0.6) is 11.5 Å². The molecule has 1 aliphatic carbocycles. The van der Waals surface area contributed by atoms with Crippen molar-refractivity contribution < 1.29 is 25.8 Å². The van der Waals surface area contributed by atoms with E-state index in [2.05, 4.69) is 252 Å². The SMILES string of the molecule is [Pt].[c-]1c(Oc2[c-]c3c(cc2)c2ccccc2n3-c2cc(C3(c4ccccc4)CCCC3)ccn2)cc(-c2ccccc2)cc1N1[CH-]N(c2c(-c3ccccc3)cccc2-c2ccccc2)c2ccccc21. The summed E-state index contributed by atoms with van der Waals surface area (Å²) in [6, 6.07) is 87.1. The van der Waals surface area contributed by atoms with Crippen LogP contribution in [0, 0.1) is 18.8 Å². The maximum Gasteiger partial charge on any atom is 0.135 e. The van der Waals surface area contributed by atoms with Gasteiger partial charge in [-0.25, -0.2) is 4.98 Å². The van der Waals surface area contributed by atoms with Gasteiger partial charge >= 0.3 is 0 Å². The fraction of sp³-hybridized carbons (Fsp3) is 0.0769. The zero-order valence-corrected chi connectivity index (χ0v) is 41.1. The Balaban J connectivity index is 0.00000517. The average Bonchev–Trinajstić information content (AvgIpc) is 4.17. The van der Waals surface area contributed by atoms with E-state index in [1.807, 2.05) is 12.3 Å². The molecule has 3 heterocycles. The summed E-state index contributed by atoms with van der Waals surface area (Å²) in [5.74, 6) is 2.05. The Morgan fingerprint density at radius 2 is 1.08 bits per heavy atom. The van der Waals surface area contributed by atoms with Crippen molar-refractivity contribution in [3.05, 3.63) is 261 Å². The predicted octanol–water partition coefficient (Wildman–Crippen LogP) is 16.8. The quantitative estimate of drug-likeness (QED) is 0.128. The second-order valence-corrected chi connectivity index (χ2v) is 18.4. The van der Waals surface area contributed by atoms with Gasteiger partial charge in [0.25, 0.3) is 0 Å². The molecule has 2 aromatic heterocycles. The van der Waals surface area contributed by atoms with Crippen LogP contribution in [-0.4, -0.2) is 9.55 Å². The van der Waals surface area contributed by atoms with E-state index in [9.17, 15) is 0 Å². The van der Waals surface area contributed by atoms with Crippen LogP contribution in [-0.2, 0) is 26.5 Å². The standard InChI is InChI=1S/C65H47N4O.Pt/c1-5-20-46(21-6-1)49-40-52(67-45-68(61-33-16-15-32-60(61)67)64-55(47-22-7-2-8-23-47)29-19-30-56(64)48-24-9-3-10-25-48)43-54(41-49)70-53-34-35-58-57-28-13-14-31-59(57)69(62(58)44-53)63-42-51(36-39-66-63)65(37-17-18-38-65)50-26-11-4-12-27-50;/h1-16,19-36,39-42,45H,17-18,37-38H2;/q-3;. The van der Waals surface area contributed by atoms with Crippen LogP contribution in [0.15, 0.2) is 231 Å². The molecule has 13 rings (SSSR count). The molecule has 0 spiro atoms. The monoisotopic (exact) mass is 1090 g/mol. The van der Waals surface area contributed by atoms with Gasteiger partial charge in [0.2, 0.25) is 0 Å². The van der Waals surface area contributed by atoms with Crippen molar-refractivity contribution in [1.29, 1.82) is 0 Å². The number of nitrogens with zero attached hydrogens (tertiary/aromatic N) is 4.